The van der Waals surface area contributed by atoms with E-state index in [0.717, 1.165) is 0 Å². The fourth-order valence-corrected chi connectivity index (χ4v) is 1.96. The zero-order chi connectivity index (χ0) is 14.4. The minimum Gasteiger partial charge on any atom is -0.507 e. The van der Waals surface area contributed by atoms with Gasteiger partial charge in [0.15, 0.2) is 0 Å². The third-order valence-electron chi connectivity index (χ3n) is 2.46. The molecule has 0 bridgehead atoms. The molecule has 7 heteroatoms. The summed E-state index contributed by atoms with van der Waals surface area (Å²) >= 11 is 1.46. The van der Waals surface area contributed by atoms with Crippen LogP contribution in [0.3, 0.4) is 0 Å². The predicted molar refractivity (Wildman–Crippen MR) is 71.7 cm³/mol. The van der Waals surface area contributed by atoms with Crippen LogP contribution in [0.1, 0.15) is 16.8 Å². The van der Waals surface area contributed by atoms with Crippen molar-refractivity contribution >= 4 is 23.6 Å². The SMILES string of the molecule is CSCC[C@H](NC(=O)c1c(O)cccc1O)C(=O)O. The first kappa shape index (κ1) is 15.2. The third kappa shape index (κ3) is 4.06. The van der Waals surface area contributed by atoms with Gasteiger partial charge in [0.1, 0.15) is 23.1 Å². The van der Waals surface area contributed by atoms with Gasteiger partial charge in [0.05, 0.1) is 0 Å². The molecule has 19 heavy (non-hydrogen) atoms. The van der Waals surface area contributed by atoms with Gasteiger partial charge in [-0.2, -0.15) is 11.8 Å². The number of nitrogens with one attached hydrogen (secondary N) is 1. The van der Waals surface area contributed by atoms with Crippen LogP contribution in [0.25, 0.3) is 0 Å². The number of hydrogen-bond donors (Lipinski definition) is 4. The molecule has 0 saturated carbocycles. The molecule has 0 fully saturated rings. The number of rotatable bonds is 6. The zero-order valence-electron chi connectivity index (χ0n) is 10.3. The van der Waals surface area contributed by atoms with E-state index >= 15 is 0 Å². The minimum atomic E-state index is -1.16. The van der Waals surface area contributed by atoms with Crippen LogP contribution >= 0.6 is 11.8 Å². The first-order chi connectivity index (χ1) is 8.97. The molecule has 0 aliphatic heterocycles. The van der Waals surface area contributed by atoms with Crippen LogP contribution in [0.15, 0.2) is 18.2 Å². The molecule has 1 aromatic rings. The van der Waals surface area contributed by atoms with Crippen molar-refractivity contribution in [2.24, 2.45) is 0 Å². The van der Waals surface area contributed by atoms with Crippen LogP contribution < -0.4 is 5.32 Å². The van der Waals surface area contributed by atoms with E-state index in [1.807, 2.05) is 6.26 Å². The fourth-order valence-electron chi connectivity index (χ4n) is 1.48. The van der Waals surface area contributed by atoms with Crippen LogP contribution in [-0.4, -0.2) is 45.2 Å². The largest absolute Gasteiger partial charge is 0.507 e. The van der Waals surface area contributed by atoms with Crippen LogP contribution in [0, 0.1) is 0 Å². The molecule has 0 unspecified atom stereocenters. The number of carbonyl (C=O) groups excluding carboxylic acids is 1. The maximum Gasteiger partial charge on any atom is 0.326 e. The predicted octanol–water partition coefficient (Wildman–Crippen LogP) is 1.03. The van der Waals surface area contributed by atoms with Gasteiger partial charge in [-0.1, -0.05) is 6.07 Å². The minimum absolute atomic E-state index is 0.261. The summed E-state index contributed by atoms with van der Waals surface area (Å²) in [6, 6.07) is 2.81. The van der Waals surface area contributed by atoms with Gasteiger partial charge in [-0.25, -0.2) is 4.79 Å². The van der Waals surface area contributed by atoms with Gasteiger partial charge in [-0.3, -0.25) is 4.79 Å². The summed E-state index contributed by atoms with van der Waals surface area (Å²) in [5.41, 5.74) is -0.321. The highest BCUT2D eigenvalue weighted by molar-refractivity contribution is 7.98. The van der Waals surface area contributed by atoms with Gasteiger partial charge in [0.25, 0.3) is 5.91 Å². The number of carbonyl (C=O) groups is 2. The molecule has 1 rings (SSSR count). The van der Waals surface area contributed by atoms with Crippen molar-refractivity contribution in [2.45, 2.75) is 12.5 Å². The number of aromatic hydroxyl groups is 2. The lowest BCUT2D eigenvalue weighted by Crippen LogP contribution is -2.41. The average Bonchev–Trinajstić information content (AvgIpc) is 2.33. The highest BCUT2D eigenvalue weighted by atomic mass is 32.2. The molecule has 0 saturated heterocycles. The van der Waals surface area contributed by atoms with Crippen LogP contribution in [0.4, 0.5) is 0 Å². The smallest absolute Gasteiger partial charge is 0.326 e. The van der Waals surface area contributed by atoms with Crippen molar-refractivity contribution in [3.05, 3.63) is 23.8 Å². The molecule has 0 radical (unpaired) electrons. The van der Waals surface area contributed by atoms with Crippen molar-refractivity contribution < 1.29 is 24.9 Å². The number of hydrogen-bond acceptors (Lipinski definition) is 5. The Bertz CT molecular complexity index is 457. The molecule has 0 aliphatic carbocycles. The molecule has 1 amide bonds. The van der Waals surface area contributed by atoms with E-state index in [1.54, 1.807) is 0 Å². The van der Waals surface area contributed by atoms with Crippen LogP contribution in [-0.2, 0) is 4.79 Å². The Labute approximate surface area is 114 Å². The maximum absolute atomic E-state index is 11.9. The first-order valence-corrected chi connectivity index (χ1v) is 6.90. The van der Waals surface area contributed by atoms with Gasteiger partial charge in [0.2, 0.25) is 0 Å². The quantitative estimate of drug-likeness (QED) is 0.622. The molecule has 0 aliphatic rings. The molecule has 0 aromatic heterocycles. The summed E-state index contributed by atoms with van der Waals surface area (Å²) in [6.45, 7) is 0. The monoisotopic (exact) mass is 285 g/mol. The summed E-state index contributed by atoms with van der Waals surface area (Å²) in [5.74, 6) is -2.19. The summed E-state index contributed by atoms with van der Waals surface area (Å²) in [7, 11) is 0. The normalized spacial score (nSPS) is 11.8. The topological polar surface area (TPSA) is 107 Å². The van der Waals surface area contributed by atoms with Gasteiger partial charge in [-0.15, -0.1) is 0 Å². The van der Waals surface area contributed by atoms with Gasteiger partial charge in [-0.05, 0) is 30.6 Å². The number of carboxylic acids is 1. The Morgan fingerprint density at radius 1 is 1.32 bits per heavy atom. The Balaban J connectivity index is 2.85. The molecule has 104 valence electrons. The lowest BCUT2D eigenvalue weighted by atomic mass is 10.1. The number of phenolic OH excluding ortho intramolecular Hbond substituents is 2. The molecule has 0 heterocycles. The van der Waals surface area contributed by atoms with Crippen LogP contribution in [0.5, 0.6) is 11.5 Å². The van der Waals surface area contributed by atoms with E-state index in [9.17, 15) is 19.8 Å². The first-order valence-electron chi connectivity index (χ1n) is 5.51. The van der Waals surface area contributed by atoms with Crippen molar-refractivity contribution in [1.29, 1.82) is 0 Å². The van der Waals surface area contributed by atoms with Gasteiger partial charge in [0, 0.05) is 0 Å². The molecule has 1 aromatic carbocycles. The maximum atomic E-state index is 11.9. The average molecular weight is 285 g/mol. The molecular formula is C12H15NO5S. The summed E-state index contributed by atoms with van der Waals surface area (Å²) in [5, 5.41) is 30.3. The van der Waals surface area contributed by atoms with E-state index in [4.69, 9.17) is 5.11 Å². The summed E-state index contributed by atoms with van der Waals surface area (Å²) in [4.78, 5) is 22.9. The highest BCUT2D eigenvalue weighted by Gasteiger charge is 2.23. The van der Waals surface area contributed by atoms with Gasteiger partial charge >= 0.3 is 5.97 Å². The molecule has 4 N–H and O–H groups in total. The molecule has 6 nitrogen and oxygen atoms in total. The molecular weight excluding hydrogens is 270 g/mol. The second kappa shape index (κ2) is 6.89. The number of carboxylic acid groups (broad SMARTS) is 1. The second-order valence-electron chi connectivity index (χ2n) is 3.82. The third-order valence-corrected chi connectivity index (χ3v) is 3.11. The van der Waals surface area contributed by atoms with Crippen molar-refractivity contribution in [3.63, 3.8) is 0 Å². The number of aliphatic carboxylic acids is 1. The van der Waals surface area contributed by atoms with E-state index < -0.39 is 29.4 Å². The van der Waals surface area contributed by atoms with Crippen molar-refractivity contribution in [2.75, 3.05) is 12.0 Å². The highest BCUT2D eigenvalue weighted by Crippen LogP contribution is 2.26. The number of thioether (sulfide) groups is 1. The lowest BCUT2D eigenvalue weighted by Gasteiger charge is -2.15. The van der Waals surface area contributed by atoms with E-state index in [-0.39, 0.29) is 12.0 Å². The Morgan fingerprint density at radius 3 is 2.37 bits per heavy atom. The van der Waals surface area contributed by atoms with Crippen LogP contribution in [0.2, 0.25) is 0 Å². The van der Waals surface area contributed by atoms with E-state index in [2.05, 4.69) is 5.32 Å². The van der Waals surface area contributed by atoms with Crippen molar-refractivity contribution in [1.82, 2.24) is 5.32 Å². The number of phenols is 2. The molecule has 0 spiro atoms. The van der Waals surface area contributed by atoms with E-state index in [0.29, 0.717) is 5.75 Å². The fraction of sp³-hybridized carbons (Fsp3) is 0.333. The summed E-state index contributed by atoms with van der Waals surface area (Å²) in [6.07, 6.45) is 2.09. The van der Waals surface area contributed by atoms with Crippen molar-refractivity contribution in [3.8, 4) is 11.5 Å². The Morgan fingerprint density at radius 2 is 1.89 bits per heavy atom. The zero-order valence-corrected chi connectivity index (χ0v) is 11.1. The standard InChI is InChI=1S/C12H15NO5S/c1-19-6-5-7(12(17)18)13-11(16)10-8(14)3-2-4-9(10)15/h2-4,7,14-15H,5-6H2,1H3,(H,13,16)(H,17,18)/t7-/m0/s1. The summed E-state index contributed by atoms with van der Waals surface area (Å²) < 4.78 is 0. The number of amides is 1. The Hall–Kier alpha value is -1.89. The molecule has 1 atom stereocenters. The van der Waals surface area contributed by atoms with Gasteiger partial charge < -0.3 is 20.6 Å². The lowest BCUT2D eigenvalue weighted by molar-refractivity contribution is -0.139. The van der Waals surface area contributed by atoms with E-state index in [1.165, 1.54) is 30.0 Å². The number of benzene rings is 1. The Kier molecular flexibility index (Phi) is 5.50. The second-order valence-corrected chi connectivity index (χ2v) is 4.80.